The highest BCUT2D eigenvalue weighted by atomic mass is 16.4. The summed E-state index contributed by atoms with van der Waals surface area (Å²) in [6.07, 6.45) is 1.13. The second-order valence-electron chi connectivity index (χ2n) is 4.50. The van der Waals surface area contributed by atoms with Crippen LogP contribution in [0.2, 0.25) is 0 Å². The number of carboxylic acid groups (broad SMARTS) is 1. The zero-order valence-electron chi connectivity index (χ0n) is 11.3. The van der Waals surface area contributed by atoms with Crippen LogP contribution in [0.3, 0.4) is 0 Å². The molecule has 2 amide bonds. The van der Waals surface area contributed by atoms with Crippen LogP contribution in [0.25, 0.3) is 0 Å². The van der Waals surface area contributed by atoms with Crippen LogP contribution in [0.4, 0.5) is 4.79 Å². The molecule has 1 aromatic carbocycles. The van der Waals surface area contributed by atoms with Crippen LogP contribution >= 0.6 is 0 Å². The van der Waals surface area contributed by atoms with Crippen molar-refractivity contribution >= 4 is 12.0 Å². The van der Waals surface area contributed by atoms with Crippen molar-refractivity contribution < 1.29 is 14.7 Å². The quantitative estimate of drug-likeness (QED) is 0.735. The molecule has 1 rings (SSSR count). The van der Waals surface area contributed by atoms with Gasteiger partial charge < -0.3 is 15.7 Å². The molecular weight excluding hydrogens is 244 g/mol. The molecule has 0 aliphatic carbocycles. The summed E-state index contributed by atoms with van der Waals surface area (Å²) in [7, 11) is 0. The second-order valence-corrected chi connectivity index (χ2v) is 4.50. The summed E-state index contributed by atoms with van der Waals surface area (Å²) in [6.45, 7) is 4.24. The van der Waals surface area contributed by atoms with Crippen molar-refractivity contribution in [1.29, 1.82) is 0 Å². The number of benzene rings is 1. The number of amides is 2. The molecule has 0 fully saturated rings. The lowest BCUT2D eigenvalue weighted by molar-refractivity contribution is -0.139. The minimum atomic E-state index is -1.01. The van der Waals surface area contributed by atoms with Crippen LogP contribution < -0.4 is 10.6 Å². The minimum Gasteiger partial charge on any atom is -0.480 e. The molecule has 5 nitrogen and oxygen atoms in total. The van der Waals surface area contributed by atoms with Gasteiger partial charge in [-0.1, -0.05) is 43.2 Å². The molecule has 104 valence electrons. The van der Waals surface area contributed by atoms with Crippen molar-refractivity contribution in [3.05, 3.63) is 35.4 Å². The molecule has 0 saturated carbocycles. The summed E-state index contributed by atoms with van der Waals surface area (Å²) in [4.78, 5) is 22.5. The first-order chi connectivity index (χ1) is 9.02. The van der Waals surface area contributed by atoms with E-state index in [1.54, 1.807) is 0 Å². The molecule has 19 heavy (non-hydrogen) atoms. The molecule has 0 aromatic heterocycles. The summed E-state index contributed by atoms with van der Waals surface area (Å²) in [6, 6.07) is 6.49. The maximum atomic E-state index is 11.6. The Morgan fingerprint density at radius 3 is 2.68 bits per heavy atom. The number of aliphatic carboxylic acids is 1. The van der Waals surface area contributed by atoms with Gasteiger partial charge in [0.05, 0.1) is 0 Å². The predicted octanol–water partition coefficient (Wildman–Crippen LogP) is 2.05. The van der Waals surface area contributed by atoms with E-state index in [9.17, 15) is 9.59 Å². The van der Waals surface area contributed by atoms with Crippen LogP contribution in [-0.2, 0) is 11.3 Å². The number of hydrogen-bond donors (Lipinski definition) is 3. The average Bonchev–Trinajstić information content (AvgIpc) is 2.36. The van der Waals surface area contributed by atoms with Crippen LogP contribution in [0.5, 0.6) is 0 Å². The monoisotopic (exact) mass is 264 g/mol. The fourth-order valence-corrected chi connectivity index (χ4v) is 1.76. The lowest BCUT2D eigenvalue weighted by Gasteiger charge is -2.14. The van der Waals surface area contributed by atoms with E-state index in [2.05, 4.69) is 10.6 Å². The van der Waals surface area contributed by atoms with Gasteiger partial charge in [0.15, 0.2) is 0 Å². The second kappa shape index (κ2) is 7.41. The van der Waals surface area contributed by atoms with E-state index in [4.69, 9.17) is 5.11 Å². The zero-order chi connectivity index (χ0) is 14.3. The van der Waals surface area contributed by atoms with Gasteiger partial charge in [0.2, 0.25) is 0 Å². The van der Waals surface area contributed by atoms with Gasteiger partial charge in [0, 0.05) is 6.54 Å². The highest BCUT2D eigenvalue weighted by Crippen LogP contribution is 2.03. The van der Waals surface area contributed by atoms with Crippen molar-refractivity contribution in [3.8, 4) is 0 Å². The molecule has 0 bridgehead atoms. The largest absolute Gasteiger partial charge is 0.480 e. The molecule has 0 spiro atoms. The fourth-order valence-electron chi connectivity index (χ4n) is 1.76. The van der Waals surface area contributed by atoms with E-state index in [1.807, 2.05) is 38.1 Å². The third-order valence-corrected chi connectivity index (χ3v) is 2.72. The van der Waals surface area contributed by atoms with Crippen molar-refractivity contribution in [2.24, 2.45) is 0 Å². The number of carbonyl (C=O) groups excluding carboxylic acids is 1. The number of rotatable bonds is 6. The number of urea groups is 1. The average molecular weight is 264 g/mol. The van der Waals surface area contributed by atoms with Crippen molar-refractivity contribution in [2.75, 3.05) is 0 Å². The first-order valence-electron chi connectivity index (χ1n) is 6.35. The Hall–Kier alpha value is -2.04. The van der Waals surface area contributed by atoms with Crippen molar-refractivity contribution in [3.63, 3.8) is 0 Å². The fraction of sp³-hybridized carbons (Fsp3) is 0.429. The summed E-state index contributed by atoms with van der Waals surface area (Å²) in [5, 5.41) is 14.0. The Kier molecular flexibility index (Phi) is 5.85. The molecule has 0 heterocycles. The maximum Gasteiger partial charge on any atom is 0.326 e. The van der Waals surface area contributed by atoms with Gasteiger partial charge in [-0.2, -0.15) is 0 Å². The molecule has 5 heteroatoms. The predicted molar refractivity (Wildman–Crippen MR) is 72.9 cm³/mol. The van der Waals surface area contributed by atoms with Crippen molar-refractivity contribution in [2.45, 2.75) is 39.3 Å². The molecule has 0 unspecified atom stereocenters. The van der Waals surface area contributed by atoms with Crippen LogP contribution in [-0.4, -0.2) is 23.1 Å². The van der Waals surface area contributed by atoms with Crippen molar-refractivity contribution in [1.82, 2.24) is 10.6 Å². The Balaban J connectivity index is 2.44. The number of hydrogen-bond acceptors (Lipinski definition) is 2. The van der Waals surface area contributed by atoms with Gasteiger partial charge >= 0.3 is 12.0 Å². The molecule has 0 aliphatic rings. The van der Waals surface area contributed by atoms with E-state index < -0.39 is 18.0 Å². The third kappa shape index (κ3) is 5.42. The minimum absolute atomic E-state index is 0.381. The van der Waals surface area contributed by atoms with E-state index in [0.717, 1.165) is 11.1 Å². The summed E-state index contributed by atoms with van der Waals surface area (Å²) >= 11 is 0. The Morgan fingerprint density at radius 1 is 1.37 bits per heavy atom. The van der Waals surface area contributed by atoms with Gasteiger partial charge in [-0.3, -0.25) is 0 Å². The summed E-state index contributed by atoms with van der Waals surface area (Å²) in [5.74, 6) is -1.01. The lowest BCUT2D eigenvalue weighted by Crippen LogP contribution is -2.45. The molecular formula is C14H20N2O3. The normalized spacial score (nSPS) is 11.7. The van der Waals surface area contributed by atoms with Gasteiger partial charge in [0.1, 0.15) is 6.04 Å². The summed E-state index contributed by atoms with van der Waals surface area (Å²) < 4.78 is 0. The Morgan fingerprint density at radius 2 is 2.11 bits per heavy atom. The molecule has 1 aromatic rings. The first kappa shape index (κ1) is 15.0. The van der Waals surface area contributed by atoms with E-state index in [0.29, 0.717) is 19.4 Å². The van der Waals surface area contributed by atoms with E-state index in [1.165, 1.54) is 0 Å². The molecule has 3 N–H and O–H groups in total. The zero-order valence-corrected chi connectivity index (χ0v) is 11.3. The lowest BCUT2D eigenvalue weighted by atomic mass is 10.1. The van der Waals surface area contributed by atoms with E-state index >= 15 is 0 Å². The Bertz CT molecular complexity index is 446. The molecule has 1 atom stereocenters. The number of aryl methyl sites for hydroxylation is 1. The smallest absolute Gasteiger partial charge is 0.326 e. The highest BCUT2D eigenvalue weighted by molar-refractivity contribution is 5.82. The molecule has 0 saturated heterocycles. The van der Waals surface area contributed by atoms with Crippen LogP contribution in [0, 0.1) is 6.92 Å². The highest BCUT2D eigenvalue weighted by Gasteiger charge is 2.18. The van der Waals surface area contributed by atoms with Crippen LogP contribution in [0.15, 0.2) is 24.3 Å². The molecule has 0 radical (unpaired) electrons. The standard InChI is InChI=1S/C14H20N2O3/c1-3-5-12(13(17)18)16-14(19)15-9-11-7-4-6-10(2)8-11/h4,6-8,12H,3,5,9H2,1-2H3,(H,17,18)(H2,15,16,19)/t12-/m0/s1. The number of nitrogens with one attached hydrogen (secondary N) is 2. The van der Waals surface area contributed by atoms with Gasteiger partial charge in [-0.05, 0) is 18.9 Å². The SMILES string of the molecule is CCC[C@H](NC(=O)NCc1cccc(C)c1)C(=O)O. The number of carbonyl (C=O) groups is 2. The first-order valence-corrected chi connectivity index (χ1v) is 6.35. The van der Waals surface area contributed by atoms with Gasteiger partial charge in [-0.25, -0.2) is 9.59 Å². The Labute approximate surface area is 113 Å². The van der Waals surface area contributed by atoms with E-state index in [-0.39, 0.29) is 0 Å². The topological polar surface area (TPSA) is 78.4 Å². The van der Waals surface area contributed by atoms with Gasteiger partial charge in [0.25, 0.3) is 0 Å². The third-order valence-electron chi connectivity index (χ3n) is 2.72. The molecule has 0 aliphatic heterocycles. The summed E-state index contributed by atoms with van der Waals surface area (Å²) in [5.41, 5.74) is 2.10. The van der Waals surface area contributed by atoms with Gasteiger partial charge in [-0.15, -0.1) is 0 Å². The maximum absolute atomic E-state index is 11.6. The van der Waals surface area contributed by atoms with Crippen LogP contribution in [0.1, 0.15) is 30.9 Å². The number of carboxylic acids is 1.